The number of carbonyl (C=O) groups excluding carboxylic acids is 1. The second-order valence-corrected chi connectivity index (χ2v) is 8.06. The van der Waals surface area contributed by atoms with Gasteiger partial charge in [0.15, 0.2) is 0 Å². The maximum absolute atomic E-state index is 13.1. The molecule has 2 aromatic carbocycles. The summed E-state index contributed by atoms with van der Waals surface area (Å²) in [4.78, 5) is 13.1. The molecule has 0 saturated heterocycles. The Balaban J connectivity index is 1.50. The predicted octanol–water partition coefficient (Wildman–Crippen LogP) is 4.24. The highest BCUT2D eigenvalue weighted by Crippen LogP contribution is 2.25. The number of hydrogen-bond donors (Lipinski definition) is 1. The topological polar surface area (TPSA) is 74.0 Å². The lowest BCUT2D eigenvalue weighted by molar-refractivity contribution is 0.0953. The van der Waals surface area contributed by atoms with Crippen LogP contribution in [0.1, 0.15) is 33.7 Å². The highest BCUT2D eigenvalue weighted by molar-refractivity contribution is 5.99. The van der Waals surface area contributed by atoms with Crippen LogP contribution in [0.2, 0.25) is 0 Å². The molecule has 170 valence electrons. The van der Waals surface area contributed by atoms with Crippen molar-refractivity contribution in [2.75, 3.05) is 13.7 Å². The summed E-state index contributed by atoms with van der Waals surface area (Å²) in [5.41, 5.74) is 5.34. The number of ether oxygens (including phenoxy) is 1. The van der Waals surface area contributed by atoms with Crippen molar-refractivity contribution in [3.05, 3.63) is 89.4 Å². The summed E-state index contributed by atoms with van der Waals surface area (Å²) in [5, 5.41) is 12.3. The molecule has 0 bridgehead atoms. The number of rotatable bonds is 9. The molecular weight excluding hydrogens is 414 g/mol. The van der Waals surface area contributed by atoms with Gasteiger partial charge in [0, 0.05) is 30.5 Å². The van der Waals surface area contributed by atoms with Crippen molar-refractivity contribution in [1.29, 1.82) is 0 Å². The van der Waals surface area contributed by atoms with E-state index in [1.807, 2.05) is 84.0 Å². The van der Waals surface area contributed by atoms with Crippen molar-refractivity contribution in [1.82, 2.24) is 24.9 Å². The summed E-state index contributed by atoms with van der Waals surface area (Å²) < 4.78 is 9.06. The number of benzene rings is 2. The Hall–Kier alpha value is -3.87. The summed E-state index contributed by atoms with van der Waals surface area (Å²) >= 11 is 0. The van der Waals surface area contributed by atoms with Gasteiger partial charge in [-0.05, 0) is 56.2 Å². The molecule has 0 aliphatic carbocycles. The molecule has 0 unspecified atom stereocenters. The van der Waals surface area contributed by atoms with Crippen LogP contribution in [0.3, 0.4) is 0 Å². The van der Waals surface area contributed by atoms with E-state index in [4.69, 9.17) is 9.84 Å². The molecule has 2 heterocycles. The lowest BCUT2D eigenvalue weighted by Crippen LogP contribution is -2.25. The zero-order chi connectivity index (χ0) is 23.2. The van der Waals surface area contributed by atoms with E-state index >= 15 is 0 Å². The van der Waals surface area contributed by atoms with Crippen molar-refractivity contribution in [2.45, 2.75) is 33.4 Å². The number of carbonyl (C=O) groups is 1. The van der Waals surface area contributed by atoms with Crippen molar-refractivity contribution in [3.8, 4) is 17.0 Å². The van der Waals surface area contributed by atoms with Gasteiger partial charge in [-0.1, -0.05) is 30.3 Å². The van der Waals surface area contributed by atoms with Crippen molar-refractivity contribution in [3.63, 3.8) is 0 Å². The third kappa shape index (κ3) is 5.49. The standard InChI is InChI=1S/C26H29N5O2/c1-19-16-20(2)31(28-19)15-7-14-27-26(32)24-18-30(17-21-8-5-4-6-9-21)29-25(24)22-10-12-23(33-3)13-11-22/h4-6,8-13,16,18H,7,14-15,17H2,1-3H3,(H,27,32). The third-order valence-electron chi connectivity index (χ3n) is 5.49. The Kier molecular flexibility index (Phi) is 6.88. The van der Waals surface area contributed by atoms with E-state index < -0.39 is 0 Å². The fourth-order valence-corrected chi connectivity index (χ4v) is 3.83. The first-order valence-corrected chi connectivity index (χ1v) is 11.1. The van der Waals surface area contributed by atoms with Crippen molar-refractivity contribution >= 4 is 5.91 Å². The SMILES string of the molecule is COc1ccc(-c2nn(Cc3ccccc3)cc2C(=O)NCCCn2nc(C)cc2C)cc1. The van der Waals surface area contributed by atoms with Crippen molar-refractivity contribution < 1.29 is 9.53 Å². The highest BCUT2D eigenvalue weighted by Gasteiger charge is 2.18. The average molecular weight is 444 g/mol. The van der Waals surface area contributed by atoms with E-state index in [9.17, 15) is 4.79 Å². The number of nitrogens with one attached hydrogen (secondary N) is 1. The summed E-state index contributed by atoms with van der Waals surface area (Å²) in [6.45, 7) is 5.94. The van der Waals surface area contributed by atoms with Gasteiger partial charge in [-0.2, -0.15) is 10.2 Å². The fraction of sp³-hybridized carbons (Fsp3) is 0.269. The molecule has 7 nitrogen and oxygen atoms in total. The van der Waals surface area contributed by atoms with Crippen molar-refractivity contribution in [2.24, 2.45) is 0 Å². The Morgan fingerprint density at radius 3 is 2.45 bits per heavy atom. The van der Waals surface area contributed by atoms with E-state index in [-0.39, 0.29) is 5.91 Å². The zero-order valence-electron chi connectivity index (χ0n) is 19.3. The second kappa shape index (κ2) is 10.2. The summed E-state index contributed by atoms with van der Waals surface area (Å²) in [5.74, 6) is 0.631. The van der Waals surface area contributed by atoms with Crippen LogP contribution in [0.4, 0.5) is 0 Å². The molecule has 0 spiro atoms. The first-order chi connectivity index (χ1) is 16.0. The summed E-state index contributed by atoms with van der Waals surface area (Å²) in [6, 6.07) is 19.7. The van der Waals surface area contributed by atoms with Crippen LogP contribution in [0, 0.1) is 13.8 Å². The molecule has 0 radical (unpaired) electrons. The maximum atomic E-state index is 13.1. The Morgan fingerprint density at radius 1 is 1.03 bits per heavy atom. The zero-order valence-corrected chi connectivity index (χ0v) is 19.3. The molecule has 4 rings (SSSR count). The minimum atomic E-state index is -0.131. The monoisotopic (exact) mass is 443 g/mol. The minimum absolute atomic E-state index is 0.131. The molecule has 4 aromatic rings. The van der Waals surface area contributed by atoms with E-state index in [0.717, 1.165) is 41.2 Å². The molecule has 0 saturated carbocycles. The number of methoxy groups -OCH3 is 1. The number of aromatic nitrogens is 4. The Morgan fingerprint density at radius 2 is 1.79 bits per heavy atom. The number of hydrogen-bond acceptors (Lipinski definition) is 4. The minimum Gasteiger partial charge on any atom is -0.497 e. The van der Waals surface area contributed by atoms with E-state index in [2.05, 4.69) is 16.5 Å². The summed E-state index contributed by atoms with van der Waals surface area (Å²) in [7, 11) is 1.63. The van der Waals surface area contributed by atoms with Gasteiger partial charge in [0.05, 0.1) is 24.9 Å². The van der Waals surface area contributed by atoms with Crippen LogP contribution in [-0.4, -0.2) is 39.1 Å². The Bertz CT molecular complexity index is 1210. The van der Waals surface area contributed by atoms with Gasteiger partial charge in [0.25, 0.3) is 5.91 Å². The van der Waals surface area contributed by atoms with Gasteiger partial charge in [-0.25, -0.2) is 0 Å². The van der Waals surface area contributed by atoms with Crippen LogP contribution >= 0.6 is 0 Å². The van der Waals surface area contributed by atoms with Gasteiger partial charge in [0.1, 0.15) is 11.4 Å². The molecule has 0 fully saturated rings. The maximum Gasteiger partial charge on any atom is 0.255 e. The first-order valence-electron chi connectivity index (χ1n) is 11.1. The lowest BCUT2D eigenvalue weighted by Gasteiger charge is -2.07. The van der Waals surface area contributed by atoms with Crippen LogP contribution in [0.5, 0.6) is 5.75 Å². The molecule has 1 amide bonds. The normalized spacial score (nSPS) is 10.9. The van der Waals surface area contributed by atoms with E-state index in [1.165, 1.54) is 0 Å². The molecule has 0 aliphatic rings. The van der Waals surface area contributed by atoms with E-state index in [0.29, 0.717) is 24.3 Å². The fourth-order valence-electron chi connectivity index (χ4n) is 3.83. The number of nitrogens with zero attached hydrogens (tertiary/aromatic N) is 4. The average Bonchev–Trinajstić information content (AvgIpc) is 3.39. The van der Waals surface area contributed by atoms with E-state index in [1.54, 1.807) is 7.11 Å². The smallest absolute Gasteiger partial charge is 0.255 e. The quantitative estimate of drug-likeness (QED) is 0.393. The molecule has 1 N–H and O–H groups in total. The van der Waals surface area contributed by atoms with Gasteiger partial charge in [-0.3, -0.25) is 14.2 Å². The highest BCUT2D eigenvalue weighted by atomic mass is 16.5. The van der Waals surface area contributed by atoms with Crippen LogP contribution < -0.4 is 10.1 Å². The first kappa shape index (κ1) is 22.3. The molecule has 0 atom stereocenters. The molecule has 7 heteroatoms. The van der Waals surface area contributed by atoms with Crippen LogP contribution in [0.25, 0.3) is 11.3 Å². The number of aryl methyl sites for hydroxylation is 3. The van der Waals surface area contributed by atoms with Gasteiger partial charge in [-0.15, -0.1) is 0 Å². The molecule has 33 heavy (non-hydrogen) atoms. The van der Waals surface area contributed by atoms with Gasteiger partial charge < -0.3 is 10.1 Å². The largest absolute Gasteiger partial charge is 0.497 e. The Labute approximate surface area is 194 Å². The second-order valence-electron chi connectivity index (χ2n) is 8.06. The third-order valence-corrected chi connectivity index (χ3v) is 5.49. The molecular formula is C26H29N5O2. The van der Waals surface area contributed by atoms with Crippen LogP contribution in [-0.2, 0) is 13.1 Å². The number of amides is 1. The van der Waals surface area contributed by atoms with Crippen LogP contribution in [0.15, 0.2) is 66.9 Å². The predicted molar refractivity (Wildman–Crippen MR) is 128 cm³/mol. The lowest BCUT2D eigenvalue weighted by atomic mass is 10.1. The van der Waals surface area contributed by atoms with Gasteiger partial charge in [0.2, 0.25) is 0 Å². The summed E-state index contributed by atoms with van der Waals surface area (Å²) in [6.07, 6.45) is 2.62. The molecule has 2 aromatic heterocycles. The van der Waals surface area contributed by atoms with Gasteiger partial charge >= 0.3 is 0 Å². The molecule has 0 aliphatic heterocycles.